The van der Waals surface area contributed by atoms with E-state index in [1.807, 2.05) is 6.92 Å². The van der Waals surface area contributed by atoms with Gasteiger partial charge < -0.3 is 5.32 Å². The van der Waals surface area contributed by atoms with Crippen molar-refractivity contribution in [1.82, 2.24) is 24.5 Å². The minimum Gasteiger partial charge on any atom is -0.357 e. The molecule has 0 saturated heterocycles. The van der Waals surface area contributed by atoms with Gasteiger partial charge in [0.05, 0.1) is 0 Å². The Morgan fingerprint density at radius 1 is 1.19 bits per heavy atom. The number of halogens is 1. The number of anilines is 1. The van der Waals surface area contributed by atoms with Gasteiger partial charge in [-0.25, -0.2) is 9.37 Å². The van der Waals surface area contributed by atoms with Crippen LogP contribution in [0.2, 0.25) is 0 Å². The van der Waals surface area contributed by atoms with Crippen molar-refractivity contribution in [1.29, 1.82) is 0 Å². The number of nitrogens with one attached hydrogen (secondary N) is 1. The van der Waals surface area contributed by atoms with Gasteiger partial charge in [0.2, 0.25) is 11.9 Å². The predicted octanol–water partition coefficient (Wildman–Crippen LogP) is 2.21. The number of aryl methyl sites for hydroxylation is 1. The van der Waals surface area contributed by atoms with Crippen molar-refractivity contribution < 1.29 is 4.39 Å². The summed E-state index contributed by atoms with van der Waals surface area (Å²) < 4.78 is 14.9. The van der Waals surface area contributed by atoms with Crippen molar-refractivity contribution in [3.05, 3.63) is 48.3 Å². The van der Waals surface area contributed by atoms with Crippen LogP contribution >= 0.6 is 0 Å². The quantitative estimate of drug-likeness (QED) is 0.798. The van der Waals surface area contributed by atoms with Crippen molar-refractivity contribution >= 4 is 5.95 Å². The zero-order chi connectivity index (χ0) is 14.8. The van der Waals surface area contributed by atoms with E-state index in [9.17, 15) is 4.39 Å². The molecule has 3 rings (SSSR count). The van der Waals surface area contributed by atoms with Gasteiger partial charge in [-0.15, -0.1) is 0 Å². The summed E-state index contributed by atoms with van der Waals surface area (Å²) in [7, 11) is 1.73. The second-order valence-electron chi connectivity index (χ2n) is 4.46. The molecule has 2 aromatic heterocycles. The molecule has 0 aliphatic carbocycles. The highest BCUT2D eigenvalue weighted by molar-refractivity contribution is 5.61. The lowest BCUT2D eigenvalue weighted by Crippen LogP contribution is -2.07. The molecule has 0 unspecified atom stereocenters. The molecule has 0 aliphatic rings. The number of aromatic nitrogens is 5. The van der Waals surface area contributed by atoms with Crippen molar-refractivity contribution in [2.75, 3.05) is 12.4 Å². The van der Waals surface area contributed by atoms with Gasteiger partial charge >= 0.3 is 0 Å². The molecular weight excluding hydrogens is 271 g/mol. The van der Waals surface area contributed by atoms with Crippen LogP contribution in [0, 0.1) is 12.7 Å². The smallest absolute Gasteiger partial charge is 0.240 e. The minimum atomic E-state index is -0.283. The largest absolute Gasteiger partial charge is 0.357 e. The van der Waals surface area contributed by atoms with Crippen molar-refractivity contribution in [2.24, 2.45) is 0 Å². The fraction of sp³-hybridized carbons (Fsp3) is 0.143. The Kier molecular flexibility index (Phi) is 3.31. The van der Waals surface area contributed by atoms with Crippen LogP contribution in [-0.2, 0) is 0 Å². The maximum absolute atomic E-state index is 13.2. The molecule has 0 atom stereocenters. The van der Waals surface area contributed by atoms with E-state index < -0.39 is 0 Å². The Hall–Kier alpha value is -2.83. The fourth-order valence-electron chi connectivity index (χ4n) is 1.97. The van der Waals surface area contributed by atoms with E-state index in [1.54, 1.807) is 36.4 Å². The van der Waals surface area contributed by atoms with Crippen LogP contribution in [0.15, 0.2) is 36.9 Å². The molecule has 0 spiro atoms. The van der Waals surface area contributed by atoms with Gasteiger partial charge in [-0.05, 0) is 30.7 Å². The van der Waals surface area contributed by atoms with E-state index in [2.05, 4.69) is 25.3 Å². The van der Waals surface area contributed by atoms with E-state index in [1.165, 1.54) is 12.1 Å². The molecule has 106 valence electrons. The first-order valence-corrected chi connectivity index (χ1v) is 6.36. The van der Waals surface area contributed by atoms with Gasteiger partial charge in [-0.2, -0.15) is 15.0 Å². The molecule has 1 N–H and O–H groups in total. The predicted molar refractivity (Wildman–Crippen MR) is 76.6 cm³/mol. The highest BCUT2D eigenvalue weighted by Gasteiger charge is 2.11. The molecule has 0 saturated carbocycles. The Morgan fingerprint density at radius 3 is 2.71 bits per heavy atom. The molecule has 1 aromatic carbocycles. The average Bonchev–Trinajstić information content (AvgIpc) is 3.01. The highest BCUT2D eigenvalue weighted by Crippen LogP contribution is 2.22. The molecule has 6 nitrogen and oxygen atoms in total. The zero-order valence-corrected chi connectivity index (χ0v) is 11.6. The Bertz CT molecular complexity index is 769. The zero-order valence-electron chi connectivity index (χ0n) is 11.6. The molecule has 2 heterocycles. The minimum absolute atomic E-state index is 0.283. The Labute approximate surface area is 120 Å². The van der Waals surface area contributed by atoms with Crippen LogP contribution in [0.25, 0.3) is 17.3 Å². The first-order chi connectivity index (χ1) is 10.2. The normalized spacial score (nSPS) is 10.6. The van der Waals surface area contributed by atoms with Crippen molar-refractivity contribution in [3.63, 3.8) is 0 Å². The number of imidazole rings is 1. The summed E-state index contributed by atoms with van der Waals surface area (Å²) in [5.74, 6) is 1.09. The monoisotopic (exact) mass is 284 g/mol. The third-order valence-corrected chi connectivity index (χ3v) is 3.01. The average molecular weight is 284 g/mol. The molecule has 7 heteroatoms. The lowest BCUT2D eigenvalue weighted by atomic mass is 10.1. The number of rotatable bonds is 3. The molecule has 0 aliphatic heterocycles. The molecule has 0 fully saturated rings. The first kappa shape index (κ1) is 13.2. The summed E-state index contributed by atoms with van der Waals surface area (Å²) in [5, 5.41) is 2.90. The van der Waals surface area contributed by atoms with Crippen LogP contribution in [0.1, 0.15) is 5.56 Å². The number of benzene rings is 1. The molecule has 0 amide bonds. The Balaban J connectivity index is 2.16. The summed E-state index contributed by atoms with van der Waals surface area (Å²) in [6.45, 7) is 1.82. The summed E-state index contributed by atoms with van der Waals surface area (Å²) in [4.78, 5) is 17.0. The van der Waals surface area contributed by atoms with E-state index in [4.69, 9.17) is 0 Å². The first-order valence-electron chi connectivity index (χ1n) is 6.36. The van der Waals surface area contributed by atoms with Gasteiger partial charge in [-0.3, -0.25) is 4.57 Å². The van der Waals surface area contributed by atoms with Gasteiger partial charge in [0.15, 0.2) is 5.82 Å². The molecular formula is C14H13FN6. The highest BCUT2D eigenvalue weighted by atomic mass is 19.1. The summed E-state index contributed by atoms with van der Waals surface area (Å²) in [6, 6.07) is 4.51. The van der Waals surface area contributed by atoms with Crippen LogP contribution in [-0.4, -0.2) is 31.6 Å². The van der Waals surface area contributed by atoms with Gasteiger partial charge in [0.1, 0.15) is 12.1 Å². The topological polar surface area (TPSA) is 68.5 Å². The summed E-state index contributed by atoms with van der Waals surface area (Å²) in [5.41, 5.74) is 1.52. The number of hydrogen-bond acceptors (Lipinski definition) is 5. The van der Waals surface area contributed by atoms with Gasteiger partial charge in [-0.1, -0.05) is 0 Å². The van der Waals surface area contributed by atoms with E-state index in [-0.39, 0.29) is 5.82 Å². The van der Waals surface area contributed by atoms with Crippen molar-refractivity contribution in [3.8, 4) is 17.3 Å². The second-order valence-corrected chi connectivity index (χ2v) is 4.46. The molecule has 0 radical (unpaired) electrons. The SMILES string of the molecule is CNc1nc(-c2ccc(F)cc2C)nc(-n2ccnc2)n1. The lowest BCUT2D eigenvalue weighted by molar-refractivity contribution is 0.627. The molecule has 3 aromatic rings. The third kappa shape index (κ3) is 2.58. The van der Waals surface area contributed by atoms with Crippen LogP contribution < -0.4 is 5.32 Å². The standard InChI is InChI=1S/C14H13FN6/c1-9-7-10(15)3-4-11(9)12-18-13(16-2)20-14(19-12)21-6-5-17-8-21/h3-8H,1-2H3,(H,16,18,19,20). The fourth-order valence-corrected chi connectivity index (χ4v) is 1.97. The molecule has 21 heavy (non-hydrogen) atoms. The van der Waals surface area contributed by atoms with Gasteiger partial charge in [0, 0.05) is 25.0 Å². The van der Waals surface area contributed by atoms with E-state index in [0.717, 1.165) is 11.1 Å². The van der Waals surface area contributed by atoms with Crippen LogP contribution in [0.4, 0.5) is 10.3 Å². The second kappa shape index (κ2) is 5.28. The van der Waals surface area contributed by atoms with E-state index >= 15 is 0 Å². The number of nitrogens with zero attached hydrogens (tertiary/aromatic N) is 5. The number of hydrogen-bond donors (Lipinski definition) is 1. The summed E-state index contributed by atoms with van der Waals surface area (Å²) in [6.07, 6.45) is 5.00. The third-order valence-electron chi connectivity index (χ3n) is 3.01. The maximum atomic E-state index is 13.2. The van der Waals surface area contributed by atoms with Crippen LogP contribution in [0.5, 0.6) is 0 Å². The van der Waals surface area contributed by atoms with E-state index in [0.29, 0.717) is 17.7 Å². The Morgan fingerprint density at radius 2 is 2.05 bits per heavy atom. The molecule has 0 bridgehead atoms. The maximum Gasteiger partial charge on any atom is 0.240 e. The van der Waals surface area contributed by atoms with Crippen molar-refractivity contribution in [2.45, 2.75) is 6.92 Å². The summed E-state index contributed by atoms with van der Waals surface area (Å²) >= 11 is 0. The lowest BCUT2D eigenvalue weighted by Gasteiger charge is -2.09. The van der Waals surface area contributed by atoms with Crippen LogP contribution in [0.3, 0.4) is 0 Å². The van der Waals surface area contributed by atoms with Gasteiger partial charge in [0.25, 0.3) is 0 Å².